The monoisotopic (exact) mass is 965 g/mol. The molecule has 5 aromatic rings. The molecule has 10 bridgehead atoms. The molecule has 0 unspecified atom stereocenters. The van der Waals surface area contributed by atoms with Crippen LogP contribution in [0.25, 0.3) is 0 Å². The van der Waals surface area contributed by atoms with E-state index in [0.717, 1.165) is 68.5 Å². The van der Waals surface area contributed by atoms with E-state index in [0.29, 0.717) is 121 Å². The number of hydrogen-bond donors (Lipinski definition) is 3. The fraction of sp³-hybridized carbons (Fsp3) is 0.407. The first kappa shape index (κ1) is 51.6. The number of methoxy groups -OCH3 is 8. The Hall–Kier alpha value is -6.74. The van der Waals surface area contributed by atoms with Gasteiger partial charge >= 0.3 is 0 Å². The maximum atomic E-state index is 13.3. The summed E-state index contributed by atoms with van der Waals surface area (Å²) in [5.74, 6) is 6.33. The Morgan fingerprint density at radius 1 is 0.435 bits per heavy atom. The van der Waals surface area contributed by atoms with Crippen molar-refractivity contribution in [2.45, 2.75) is 58.3 Å². The van der Waals surface area contributed by atoms with Gasteiger partial charge in [-0.2, -0.15) is 0 Å². The number of thiocarbonyl (C=S) groups is 1. The third-order valence-corrected chi connectivity index (χ3v) is 12.5. The van der Waals surface area contributed by atoms with Crippen LogP contribution in [0.15, 0.2) is 60.7 Å². The first-order valence-electron chi connectivity index (χ1n) is 23.1. The van der Waals surface area contributed by atoms with Crippen molar-refractivity contribution in [3.05, 3.63) is 116 Å². The highest BCUT2D eigenvalue weighted by molar-refractivity contribution is 7.80. The zero-order chi connectivity index (χ0) is 49.5. The summed E-state index contributed by atoms with van der Waals surface area (Å²) in [6.07, 6.45) is 4.63. The minimum atomic E-state index is -0.257. The van der Waals surface area contributed by atoms with E-state index in [1.54, 1.807) is 63.9 Å². The molecule has 15 heteroatoms. The van der Waals surface area contributed by atoms with Crippen LogP contribution in [0.3, 0.4) is 0 Å². The van der Waals surface area contributed by atoms with Gasteiger partial charge in [-0.25, -0.2) is 0 Å². The highest BCUT2D eigenvalue weighted by atomic mass is 32.1. The minimum Gasteiger partial charge on any atom is -0.496 e. The van der Waals surface area contributed by atoms with Gasteiger partial charge in [-0.1, -0.05) is 13.3 Å². The molecule has 3 N–H and O–H groups in total. The van der Waals surface area contributed by atoms with Crippen molar-refractivity contribution in [3.8, 4) is 57.5 Å². The van der Waals surface area contributed by atoms with Crippen molar-refractivity contribution in [2.24, 2.45) is 0 Å². The molecule has 10 aliphatic rings. The van der Waals surface area contributed by atoms with Gasteiger partial charge in [0.05, 0.1) is 63.5 Å². The van der Waals surface area contributed by atoms with Gasteiger partial charge < -0.3 is 63.3 Å². The predicted molar refractivity (Wildman–Crippen MR) is 272 cm³/mol. The number of rotatable bonds is 19. The molecule has 0 aromatic heterocycles. The lowest BCUT2D eigenvalue weighted by atomic mass is 9.94. The molecule has 0 fully saturated rings. The fourth-order valence-corrected chi connectivity index (χ4v) is 8.65. The fourth-order valence-electron chi connectivity index (χ4n) is 8.54. The van der Waals surface area contributed by atoms with Crippen LogP contribution < -0.4 is 63.3 Å². The summed E-state index contributed by atoms with van der Waals surface area (Å²) in [5.41, 5.74) is 8.70. The average Bonchev–Trinajstić information content (AvgIpc) is 3.36. The molecule has 0 atom stereocenters. The second-order valence-electron chi connectivity index (χ2n) is 16.6. The van der Waals surface area contributed by atoms with E-state index in [-0.39, 0.29) is 12.5 Å². The molecule has 0 spiro atoms. The Labute approximate surface area is 412 Å². The number of hydrogen-bond acceptors (Lipinski definition) is 12. The lowest BCUT2D eigenvalue weighted by molar-refractivity contribution is -0.123. The summed E-state index contributed by atoms with van der Waals surface area (Å²) in [7, 11) is 15.0. The van der Waals surface area contributed by atoms with Crippen molar-refractivity contribution in [1.82, 2.24) is 16.0 Å². The second kappa shape index (κ2) is 25.0. The number of ether oxygens (including phenoxy) is 10. The Morgan fingerprint density at radius 3 is 1.00 bits per heavy atom. The summed E-state index contributed by atoms with van der Waals surface area (Å²) < 4.78 is 61.6. The first-order valence-corrected chi connectivity index (χ1v) is 23.5. The first-order chi connectivity index (χ1) is 33.5. The largest absolute Gasteiger partial charge is 0.496 e. The number of carbonyl (C=O) groups excluding carboxylic acids is 1. The summed E-state index contributed by atoms with van der Waals surface area (Å²) in [6, 6.07) is 20.0. The van der Waals surface area contributed by atoms with Gasteiger partial charge in [0, 0.05) is 108 Å². The Morgan fingerprint density at radius 2 is 0.710 bits per heavy atom. The molecule has 14 nitrogen and oxygen atoms in total. The standard InChI is InChI=1S/C54H67N3O11S/c1-11-12-16-67-51-30-42-21-40-29-48(64-8)38(27-50(40)66-10)19-36-25-44(60-4)34(23-46(36)62-6)17-33-22-45(61-5)35(24-43(33)59-3)18-37-26-49(65-9)39(28-47(37)63-7)20-41(51)31-52(42)68-32-53(58)56-14-13-15-57-54(69)55-2/h22-31H,11-21,32H2,1-10H3,(H,56,58)(H2,55,57,69). The maximum Gasteiger partial charge on any atom is 0.257 e. The van der Waals surface area contributed by atoms with Gasteiger partial charge in [0.15, 0.2) is 11.7 Å². The predicted octanol–water partition coefficient (Wildman–Crippen LogP) is 8.18. The lowest BCUT2D eigenvalue weighted by Crippen LogP contribution is -2.35. The zero-order valence-electron chi connectivity index (χ0n) is 41.7. The SMILES string of the molecule is CCCCOc1cc2c(OCC(=O)NCCCNC(=S)NC)cc1Cc1cc(OC)c(cc1OC)Cc1cc(OC)c(cc1OC)Cc1cc(OC)c(cc1OC)Cc1cc(OC)c(cc1OC)C2. The number of unbranched alkanes of at least 4 members (excludes halogenated alkanes) is 1. The molecule has 370 valence electrons. The molecule has 1 amide bonds. The van der Waals surface area contributed by atoms with Gasteiger partial charge in [-0.05, 0) is 85.7 Å². The molecule has 0 radical (unpaired) electrons. The van der Waals surface area contributed by atoms with Crippen LogP contribution in [-0.2, 0) is 36.9 Å². The van der Waals surface area contributed by atoms with E-state index in [1.165, 1.54) is 0 Å². The lowest BCUT2D eigenvalue weighted by Gasteiger charge is -2.21. The maximum absolute atomic E-state index is 13.3. The molecule has 0 saturated carbocycles. The molecule has 5 aromatic carbocycles. The van der Waals surface area contributed by atoms with Crippen molar-refractivity contribution in [3.63, 3.8) is 0 Å². The van der Waals surface area contributed by atoms with Crippen molar-refractivity contribution < 1.29 is 52.2 Å². The third-order valence-electron chi connectivity index (χ3n) is 12.2. The van der Waals surface area contributed by atoms with Crippen LogP contribution in [0, 0.1) is 0 Å². The highest BCUT2D eigenvalue weighted by Crippen LogP contribution is 2.42. The molecule has 69 heavy (non-hydrogen) atoms. The van der Waals surface area contributed by atoms with Gasteiger partial charge in [0.2, 0.25) is 0 Å². The Balaban J connectivity index is 1.54. The van der Waals surface area contributed by atoms with Crippen LogP contribution in [0.2, 0.25) is 0 Å². The van der Waals surface area contributed by atoms with Crippen molar-refractivity contribution >= 4 is 23.2 Å². The number of benzene rings is 5. The van der Waals surface area contributed by atoms with Gasteiger partial charge in [-0.15, -0.1) is 0 Å². The van der Waals surface area contributed by atoms with Crippen LogP contribution in [0.5, 0.6) is 57.5 Å². The Kier molecular flexibility index (Phi) is 18.7. The third kappa shape index (κ3) is 12.9. The summed E-state index contributed by atoms with van der Waals surface area (Å²) >= 11 is 5.18. The quantitative estimate of drug-likeness (QED) is 0.0530. The summed E-state index contributed by atoms with van der Waals surface area (Å²) in [5, 5.41) is 9.51. The van der Waals surface area contributed by atoms with Crippen LogP contribution >= 0.6 is 12.2 Å². The molecular formula is C54H67N3O11S. The Bertz CT molecular complexity index is 2580. The number of nitrogens with one attached hydrogen (secondary N) is 3. The number of carbonyl (C=O) groups is 1. The van der Waals surface area contributed by atoms with Crippen LogP contribution in [-0.4, -0.2) is 101 Å². The second-order valence-corrected chi connectivity index (χ2v) is 17.0. The zero-order valence-corrected chi connectivity index (χ0v) is 42.5. The van der Waals surface area contributed by atoms with Gasteiger partial charge in [0.1, 0.15) is 57.5 Å². The van der Waals surface area contributed by atoms with Crippen molar-refractivity contribution in [1.29, 1.82) is 0 Å². The van der Waals surface area contributed by atoms with E-state index < -0.39 is 0 Å². The van der Waals surface area contributed by atoms with Crippen molar-refractivity contribution in [2.75, 3.05) is 90.2 Å². The average molecular weight is 966 g/mol. The molecule has 0 saturated heterocycles. The molecule has 10 aliphatic carbocycles. The van der Waals surface area contributed by atoms with Crippen LogP contribution in [0.4, 0.5) is 0 Å². The summed E-state index contributed by atoms with van der Waals surface area (Å²) in [6.45, 7) is 3.47. The van der Waals surface area contributed by atoms with Gasteiger partial charge in [0.25, 0.3) is 5.91 Å². The van der Waals surface area contributed by atoms with E-state index in [2.05, 4.69) is 22.9 Å². The summed E-state index contributed by atoms with van der Waals surface area (Å²) in [4.78, 5) is 13.3. The molecule has 15 rings (SSSR count). The minimum absolute atomic E-state index is 0.213. The van der Waals surface area contributed by atoms with Crippen LogP contribution in [0.1, 0.15) is 81.8 Å². The molecule has 0 aliphatic heterocycles. The van der Waals surface area contributed by atoms with E-state index >= 15 is 0 Å². The van der Waals surface area contributed by atoms with Gasteiger partial charge in [-0.3, -0.25) is 4.79 Å². The topological polar surface area (TPSA) is 145 Å². The normalized spacial score (nSPS) is 11.9. The van der Waals surface area contributed by atoms with E-state index in [1.807, 2.05) is 60.7 Å². The highest BCUT2D eigenvalue weighted by Gasteiger charge is 2.24. The molecular weight excluding hydrogens is 899 g/mol. The van der Waals surface area contributed by atoms with E-state index in [9.17, 15) is 4.79 Å². The smallest absolute Gasteiger partial charge is 0.257 e. The molecule has 0 heterocycles. The van der Waals surface area contributed by atoms with E-state index in [4.69, 9.17) is 59.6 Å². The number of amides is 1.